The lowest BCUT2D eigenvalue weighted by molar-refractivity contribution is -0.131. The van der Waals surface area contributed by atoms with Crippen molar-refractivity contribution in [1.82, 2.24) is 4.90 Å². The topological polar surface area (TPSA) is 88.6 Å². The van der Waals surface area contributed by atoms with Gasteiger partial charge in [-0.25, -0.2) is 0 Å². The molecule has 1 aliphatic heterocycles. The molecule has 2 amide bonds. The number of anilines is 1. The van der Waals surface area contributed by atoms with Crippen LogP contribution in [0.2, 0.25) is 0 Å². The fourth-order valence-electron chi connectivity index (χ4n) is 3.68. The van der Waals surface area contributed by atoms with Gasteiger partial charge in [0.2, 0.25) is 5.91 Å². The van der Waals surface area contributed by atoms with E-state index in [1.54, 1.807) is 18.2 Å². The number of nitrogens with one attached hydrogen (secondary N) is 1. The molecule has 1 unspecified atom stereocenters. The van der Waals surface area contributed by atoms with Crippen LogP contribution < -0.4 is 11.1 Å². The van der Waals surface area contributed by atoms with Crippen molar-refractivity contribution in [2.45, 2.75) is 25.3 Å². The highest BCUT2D eigenvalue weighted by Gasteiger charge is 2.27. The SMILES string of the molecule is Cl.NCC1CCCN1C(=O)Cc1ccc(NC(=O)c2cc3ccccc3o2)cc1. The highest BCUT2D eigenvalue weighted by Crippen LogP contribution is 2.21. The number of fused-ring (bicyclic) bond motifs is 1. The first-order valence-electron chi connectivity index (χ1n) is 9.52. The third kappa shape index (κ3) is 4.60. The lowest BCUT2D eigenvalue weighted by Gasteiger charge is -2.23. The number of benzene rings is 2. The standard InChI is InChI=1S/C22H23N3O3.ClH/c23-14-18-5-3-11-25(18)21(26)12-15-7-9-17(10-8-15)24-22(27)20-13-16-4-1-2-6-19(16)28-20;/h1-2,4,6-10,13,18H,3,5,11-12,14,23H2,(H,24,27);1H. The number of rotatable bonds is 5. The third-order valence-electron chi connectivity index (χ3n) is 5.19. The first-order chi connectivity index (χ1) is 13.6. The van der Waals surface area contributed by atoms with Gasteiger partial charge in [0.25, 0.3) is 5.91 Å². The van der Waals surface area contributed by atoms with E-state index in [9.17, 15) is 9.59 Å². The van der Waals surface area contributed by atoms with Gasteiger partial charge in [0.05, 0.1) is 6.42 Å². The Kier molecular flexibility index (Phi) is 6.56. The molecule has 0 aliphatic carbocycles. The van der Waals surface area contributed by atoms with E-state index < -0.39 is 0 Å². The predicted octanol–water partition coefficient (Wildman–Crippen LogP) is 3.60. The predicted molar refractivity (Wildman–Crippen MR) is 115 cm³/mol. The molecule has 0 saturated carbocycles. The van der Waals surface area contributed by atoms with Crippen LogP contribution in [0.4, 0.5) is 5.69 Å². The largest absolute Gasteiger partial charge is 0.451 e. The number of carbonyl (C=O) groups is 2. The fourth-order valence-corrected chi connectivity index (χ4v) is 3.68. The molecule has 0 spiro atoms. The second kappa shape index (κ2) is 9.11. The van der Waals surface area contributed by atoms with Crippen LogP contribution in [0.5, 0.6) is 0 Å². The molecule has 2 aromatic carbocycles. The lowest BCUT2D eigenvalue weighted by Crippen LogP contribution is -2.40. The van der Waals surface area contributed by atoms with Crippen LogP contribution in [0.1, 0.15) is 29.0 Å². The molecule has 0 radical (unpaired) electrons. The Labute approximate surface area is 175 Å². The highest BCUT2D eigenvalue weighted by molar-refractivity contribution is 6.04. The Morgan fingerprint density at radius 3 is 2.62 bits per heavy atom. The van der Waals surface area contributed by atoms with Crippen LogP contribution in [-0.4, -0.2) is 35.8 Å². The molecule has 0 bridgehead atoms. The Balaban J connectivity index is 0.00000240. The summed E-state index contributed by atoms with van der Waals surface area (Å²) in [6, 6.07) is 16.7. The van der Waals surface area contributed by atoms with Crippen LogP contribution in [0.3, 0.4) is 0 Å². The molecule has 3 aromatic rings. The second-order valence-electron chi connectivity index (χ2n) is 7.10. The molecule has 1 fully saturated rings. The molecule has 1 atom stereocenters. The number of amides is 2. The minimum Gasteiger partial charge on any atom is -0.451 e. The quantitative estimate of drug-likeness (QED) is 0.668. The van der Waals surface area contributed by atoms with E-state index >= 15 is 0 Å². The molecule has 1 aromatic heterocycles. The summed E-state index contributed by atoms with van der Waals surface area (Å²) in [7, 11) is 0. The molecular formula is C22H24ClN3O3. The maximum Gasteiger partial charge on any atom is 0.291 e. The first kappa shape index (κ1) is 20.9. The number of hydrogen-bond donors (Lipinski definition) is 2. The lowest BCUT2D eigenvalue weighted by atomic mass is 10.1. The summed E-state index contributed by atoms with van der Waals surface area (Å²) in [5.41, 5.74) is 8.00. The molecule has 7 heteroatoms. The van der Waals surface area contributed by atoms with E-state index in [-0.39, 0.29) is 36.0 Å². The van der Waals surface area contributed by atoms with E-state index in [4.69, 9.17) is 10.2 Å². The zero-order valence-corrected chi connectivity index (χ0v) is 16.8. The van der Waals surface area contributed by atoms with Crippen molar-refractivity contribution >= 4 is 40.9 Å². The van der Waals surface area contributed by atoms with E-state index in [0.717, 1.165) is 30.3 Å². The van der Waals surface area contributed by atoms with Gasteiger partial charge in [-0.15, -0.1) is 12.4 Å². The van der Waals surface area contributed by atoms with Gasteiger partial charge < -0.3 is 20.4 Å². The molecular weight excluding hydrogens is 390 g/mol. The fraction of sp³-hybridized carbons (Fsp3) is 0.273. The smallest absolute Gasteiger partial charge is 0.291 e. The van der Waals surface area contributed by atoms with Crippen LogP contribution in [0.15, 0.2) is 59.0 Å². The monoisotopic (exact) mass is 413 g/mol. The van der Waals surface area contributed by atoms with Gasteiger partial charge in [-0.3, -0.25) is 9.59 Å². The van der Waals surface area contributed by atoms with E-state index in [1.165, 1.54) is 0 Å². The van der Waals surface area contributed by atoms with Crippen molar-refractivity contribution in [2.24, 2.45) is 5.73 Å². The average Bonchev–Trinajstić information content (AvgIpc) is 3.36. The number of halogens is 1. The van der Waals surface area contributed by atoms with Gasteiger partial charge in [0.15, 0.2) is 5.76 Å². The normalized spacial score (nSPS) is 15.9. The van der Waals surface area contributed by atoms with Crippen molar-refractivity contribution < 1.29 is 14.0 Å². The maximum atomic E-state index is 12.5. The van der Waals surface area contributed by atoms with Crippen molar-refractivity contribution in [1.29, 1.82) is 0 Å². The zero-order chi connectivity index (χ0) is 19.5. The second-order valence-corrected chi connectivity index (χ2v) is 7.10. The number of nitrogens with two attached hydrogens (primary N) is 1. The van der Waals surface area contributed by atoms with Gasteiger partial charge in [-0.05, 0) is 42.7 Å². The summed E-state index contributed by atoms with van der Waals surface area (Å²) in [6.07, 6.45) is 2.34. The molecule has 2 heterocycles. The summed E-state index contributed by atoms with van der Waals surface area (Å²) >= 11 is 0. The molecule has 1 saturated heterocycles. The molecule has 6 nitrogen and oxygen atoms in total. The van der Waals surface area contributed by atoms with Crippen molar-refractivity contribution in [3.63, 3.8) is 0 Å². The molecule has 4 rings (SSSR count). The molecule has 3 N–H and O–H groups in total. The van der Waals surface area contributed by atoms with Crippen molar-refractivity contribution in [2.75, 3.05) is 18.4 Å². The Morgan fingerprint density at radius 1 is 1.14 bits per heavy atom. The summed E-state index contributed by atoms with van der Waals surface area (Å²) < 4.78 is 5.58. The van der Waals surface area contributed by atoms with Crippen LogP contribution in [0.25, 0.3) is 11.0 Å². The van der Waals surface area contributed by atoms with Crippen LogP contribution >= 0.6 is 12.4 Å². The highest BCUT2D eigenvalue weighted by atomic mass is 35.5. The number of hydrogen-bond acceptors (Lipinski definition) is 4. The Morgan fingerprint density at radius 2 is 1.90 bits per heavy atom. The first-order valence-corrected chi connectivity index (χ1v) is 9.52. The minimum absolute atomic E-state index is 0. The number of nitrogens with zero attached hydrogens (tertiary/aromatic N) is 1. The van der Waals surface area contributed by atoms with Crippen molar-refractivity contribution in [3.8, 4) is 0 Å². The summed E-state index contributed by atoms with van der Waals surface area (Å²) in [6.45, 7) is 1.30. The average molecular weight is 414 g/mol. The number of furan rings is 1. The number of para-hydroxylation sites is 1. The Bertz CT molecular complexity index is 967. The van der Waals surface area contributed by atoms with E-state index in [2.05, 4.69) is 5.32 Å². The maximum absolute atomic E-state index is 12.5. The van der Waals surface area contributed by atoms with Gasteiger partial charge >= 0.3 is 0 Å². The van der Waals surface area contributed by atoms with E-state index in [0.29, 0.717) is 24.2 Å². The summed E-state index contributed by atoms with van der Waals surface area (Å²) in [5.74, 6) is 0.0669. The van der Waals surface area contributed by atoms with Gasteiger partial charge in [0.1, 0.15) is 5.58 Å². The number of likely N-dealkylation sites (tertiary alicyclic amines) is 1. The number of carbonyl (C=O) groups excluding carboxylic acids is 2. The zero-order valence-electron chi connectivity index (χ0n) is 16.0. The molecule has 1 aliphatic rings. The molecule has 152 valence electrons. The molecule has 29 heavy (non-hydrogen) atoms. The van der Waals surface area contributed by atoms with Crippen molar-refractivity contribution in [3.05, 3.63) is 65.9 Å². The van der Waals surface area contributed by atoms with Crippen LogP contribution in [-0.2, 0) is 11.2 Å². The minimum atomic E-state index is -0.303. The van der Waals surface area contributed by atoms with Gasteiger partial charge in [-0.1, -0.05) is 30.3 Å². The van der Waals surface area contributed by atoms with E-state index in [1.807, 2.05) is 41.3 Å². The third-order valence-corrected chi connectivity index (χ3v) is 5.19. The van der Waals surface area contributed by atoms with Gasteiger partial charge in [0, 0.05) is 30.2 Å². The van der Waals surface area contributed by atoms with Gasteiger partial charge in [-0.2, -0.15) is 0 Å². The summed E-state index contributed by atoms with van der Waals surface area (Å²) in [5, 5.41) is 3.71. The Hall–Kier alpha value is -2.83. The summed E-state index contributed by atoms with van der Waals surface area (Å²) in [4.78, 5) is 26.8. The van der Waals surface area contributed by atoms with Crippen LogP contribution in [0, 0.1) is 0 Å².